The molecule has 0 unspecified atom stereocenters. The summed E-state index contributed by atoms with van der Waals surface area (Å²) in [5.74, 6) is 0.0935. The SMILES string of the molecule is CC(C)(C)OC(=O)/C=C(/c1ccc(Cl)c(N)c1)C1CCC1. The number of esters is 1. The standard InChI is InChI=1S/C17H22ClNO2/c1-17(2,3)21-16(20)10-13(11-5-4-6-11)12-7-8-14(18)15(19)9-12/h7-11H,4-6,19H2,1-3H3/b13-10+. The number of hydrogen-bond donors (Lipinski definition) is 1. The van der Waals surface area contributed by atoms with Gasteiger partial charge in [0, 0.05) is 6.08 Å². The normalized spacial score (nSPS) is 16.5. The molecule has 0 aliphatic heterocycles. The van der Waals surface area contributed by atoms with E-state index in [0.29, 0.717) is 16.6 Å². The van der Waals surface area contributed by atoms with Gasteiger partial charge in [0.05, 0.1) is 10.7 Å². The first-order chi connectivity index (χ1) is 9.76. The zero-order chi connectivity index (χ0) is 15.6. The molecule has 0 aromatic heterocycles. The van der Waals surface area contributed by atoms with Crippen LogP contribution in [-0.2, 0) is 9.53 Å². The smallest absolute Gasteiger partial charge is 0.331 e. The van der Waals surface area contributed by atoms with E-state index in [1.807, 2.05) is 32.9 Å². The summed E-state index contributed by atoms with van der Waals surface area (Å²) in [5, 5.41) is 0.531. The number of carbonyl (C=O) groups excluding carboxylic acids is 1. The lowest BCUT2D eigenvalue weighted by molar-refractivity contribution is -0.148. The first-order valence-corrected chi connectivity index (χ1v) is 7.64. The molecule has 1 saturated carbocycles. The third kappa shape index (κ3) is 4.24. The van der Waals surface area contributed by atoms with Crippen molar-refractivity contribution in [3.63, 3.8) is 0 Å². The van der Waals surface area contributed by atoms with Gasteiger partial charge in [-0.3, -0.25) is 0 Å². The molecular weight excluding hydrogens is 286 g/mol. The molecule has 1 aliphatic carbocycles. The van der Waals surface area contributed by atoms with Crippen LogP contribution in [0, 0.1) is 5.92 Å². The number of rotatable bonds is 3. The summed E-state index contributed by atoms with van der Waals surface area (Å²) in [5.41, 5.74) is 7.87. The molecule has 1 fully saturated rings. The lowest BCUT2D eigenvalue weighted by atomic mass is 9.77. The predicted molar refractivity (Wildman–Crippen MR) is 87.0 cm³/mol. The van der Waals surface area contributed by atoms with Crippen LogP contribution in [0.25, 0.3) is 5.57 Å². The Morgan fingerprint density at radius 2 is 2.05 bits per heavy atom. The molecule has 0 radical (unpaired) electrons. The summed E-state index contributed by atoms with van der Waals surface area (Å²) in [4.78, 5) is 12.1. The van der Waals surface area contributed by atoms with Gasteiger partial charge in [-0.2, -0.15) is 0 Å². The number of allylic oxidation sites excluding steroid dienone is 1. The van der Waals surface area contributed by atoms with E-state index >= 15 is 0 Å². The van der Waals surface area contributed by atoms with E-state index in [2.05, 4.69) is 0 Å². The Morgan fingerprint density at radius 3 is 2.52 bits per heavy atom. The fraction of sp³-hybridized carbons (Fsp3) is 0.471. The highest BCUT2D eigenvalue weighted by Crippen LogP contribution is 2.39. The Morgan fingerprint density at radius 1 is 1.38 bits per heavy atom. The van der Waals surface area contributed by atoms with E-state index in [0.717, 1.165) is 24.0 Å². The molecule has 0 amide bonds. The van der Waals surface area contributed by atoms with Gasteiger partial charge in [-0.15, -0.1) is 0 Å². The first-order valence-electron chi connectivity index (χ1n) is 7.26. The number of carbonyl (C=O) groups is 1. The fourth-order valence-electron chi connectivity index (χ4n) is 2.34. The van der Waals surface area contributed by atoms with Gasteiger partial charge in [-0.1, -0.05) is 24.1 Å². The fourth-order valence-corrected chi connectivity index (χ4v) is 2.46. The van der Waals surface area contributed by atoms with Gasteiger partial charge < -0.3 is 10.5 Å². The van der Waals surface area contributed by atoms with E-state index in [1.54, 1.807) is 12.1 Å². The monoisotopic (exact) mass is 307 g/mol. The lowest BCUT2D eigenvalue weighted by Gasteiger charge is -2.29. The number of hydrogen-bond acceptors (Lipinski definition) is 3. The first kappa shape index (κ1) is 15.9. The van der Waals surface area contributed by atoms with E-state index in [4.69, 9.17) is 22.1 Å². The second-order valence-electron chi connectivity index (χ2n) is 6.50. The van der Waals surface area contributed by atoms with Gasteiger partial charge >= 0.3 is 5.97 Å². The molecule has 4 heteroatoms. The summed E-state index contributed by atoms with van der Waals surface area (Å²) in [6.45, 7) is 5.59. The minimum atomic E-state index is -0.489. The van der Waals surface area contributed by atoms with Gasteiger partial charge in [0.25, 0.3) is 0 Å². The second kappa shape index (κ2) is 6.10. The molecule has 0 saturated heterocycles. The molecular formula is C17H22ClNO2. The van der Waals surface area contributed by atoms with Crippen molar-refractivity contribution >= 4 is 28.8 Å². The van der Waals surface area contributed by atoms with Crippen molar-refractivity contribution in [2.24, 2.45) is 5.92 Å². The number of nitrogens with two attached hydrogens (primary N) is 1. The van der Waals surface area contributed by atoms with Crippen LogP contribution in [0.5, 0.6) is 0 Å². The van der Waals surface area contributed by atoms with Crippen molar-refractivity contribution in [2.75, 3.05) is 5.73 Å². The topological polar surface area (TPSA) is 52.3 Å². The third-order valence-corrected chi connectivity index (χ3v) is 3.90. The highest BCUT2D eigenvalue weighted by Gasteiger charge is 2.25. The Bertz CT molecular complexity index is 569. The number of halogens is 1. The number of nitrogen functional groups attached to an aromatic ring is 1. The number of ether oxygens (including phenoxy) is 1. The van der Waals surface area contributed by atoms with Crippen LogP contribution in [0.1, 0.15) is 45.6 Å². The maximum atomic E-state index is 12.1. The van der Waals surface area contributed by atoms with Crippen LogP contribution < -0.4 is 5.73 Å². The van der Waals surface area contributed by atoms with Gasteiger partial charge in [0.2, 0.25) is 0 Å². The third-order valence-electron chi connectivity index (χ3n) is 3.55. The molecule has 3 nitrogen and oxygen atoms in total. The van der Waals surface area contributed by atoms with E-state index < -0.39 is 5.60 Å². The molecule has 0 atom stereocenters. The Labute approximate surface area is 131 Å². The van der Waals surface area contributed by atoms with E-state index in [-0.39, 0.29) is 5.97 Å². The minimum absolute atomic E-state index is 0.307. The summed E-state index contributed by atoms with van der Waals surface area (Å²) >= 11 is 5.97. The van der Waals surface area contributed by atoms with Crippen LogP contribution in [0.2, 0.25) is 5.02 Å². The summed E-state index contributed by atoms with van der Waals surface area (Å²) in [7, 11) is 0. The Hall–Kier alpha value is -1.48. The molecule has 114 valence electrons. The molecule has 1 aliphatic rings. The van der Waals surface area contributed by atoms with Crippen LogP contribution in [-0.4, -0.2) is 11.6 Å². The summed E-state index contributed by atoms with van der Waals surface area (Å²) in [6.07, 6.45) is 4.99. The molecule has 1 aromatic carbocycles. The predicted octanol–water partition coefficient (Wildman–Crippen LogP) is 4.45. The summed E-state index contributed by atoms with van der Waals surface area (Å²) in [6, 6.07) is 5.51. The highest BCUT2D eigenvalue weighted by atomic mass is 35.5. The van der Waals surface area contributed by atoms with Crippen LogP contribution in [0.15, 0.2) is 24.3 Å². The van der Waals surface area contributed by atoms with Crippen molar-refractivity contribution in [1.82, 2.24) is 0 Å². The zero-order valence-corrected chi connectivity index (χ0v) is 13.5. The molecule has 0 heterocycles. The molecule has 0 spiro atoms. The van der Waals surface area contributed by atoms with E-state index in [1.165, 1.54) is 6.42 Å². The van der Waals surface area contributed by atoms with Crippen molar-refractivity contribution in [2.45, 2.75) is 45.6 Å². The molecule has 2 N–H and O–H groups in total. The number of benzene rings is 1. The summed E-state index contributed by atoms with van der Waals surface area (Å²) < 4.78 is 5.39. The Kier molecular flexibility index (Phi) is 4.62. The van der Waals surface area contributed by atoms with Gasteiger partial charge in [-0.05, 0) is 62.8 Å². The molecule has 21 heavy (non-hydrogen) atoms. The van der Waals surface area contributed by atoms with Gasteiger partial charge in [-0.25, -0.2) is 4.79 Å². The highest BCUT2D eigenvalue weighted by molar-refractivity contribution is 6.33. The molecule has 1 aromatic rings. The average molecular weight is 308 g/mol. The van der Waals surface area contributed by atoms with Crippen LogP contribution >= 0.6 is 11.6 Å². The van der Waals surface area contributed by atoms with Crippen molar-refractivity contribution < 1.29 is 9.53 Å². The van der Waals surface area contributed by atoms with Crippen molar-refractivity contribution in [3.05, 3.63) is 34.9 Å². The van der Waals surface area contributed by atoms with Crippen LogP contribution in [0.3, 0.4) is 0 Å². The van der Waals surface area contributed by atoms with E-state index in [9.17, 15) is 4.79 Å². The van der Waals surface area contributed by atoms with Gasteiger partial charge in [0.1, 0.15) is 5.60 Å². The molecule has 2 rings (SSSR count). The average Bonchev–Trinajstić information content (AvgIpc) is 2.27. The van der Waals surface area contributed by atoms with Crippen molar-refractivity contribution in [1.29, 1.82) is 0 Å². The maximum Gasteiger partial charge on any atom is 0.331 e. The molecule has 0 bridgehead atoms. The quantitative estimate of drug-likeness (QED) is 0.510. The Balaban J connectivity index is 2.29. The largest absolute Gasteiger partial charge is 0.457 e. The van der Waals surface area contributed by atoms with Crippen molar-refractivity contribution in [3.8, 4) is 0 Å². The zero-order valence-electron chi connectivity index (χ0n) is 12.8. The maximum absolute atomic E-state index is 12.1. The van der Waals surface area contributed by atoms with Gasteiger partial charge in [0.15, 0.2) is 0 Å². The van der Waals surface area contributed by atoms with Crippen LogP contribution in [0.4, 0.5) is 5.69 Å². The minimum Gasteiger partial charge on any atom is -0.457 e. The lowest BCUT2D eigenvalue weighted by Crippen LogP contribution is -2.23. The second-order valence-corrected chi connectivity index (χ2v) is 6.90. The number of anilines is 1.